The van der Waals surface area contributed by atoms with Crippen LogP contribution in [0.5, 0.6) is 11.5 Å². The molecule has 0 spiro atoms. The van der Waals surface area contributed by atoms with E-state index in [4.69, 9.17) is 9.47 Å². The Morgan fingerprint density at radius 1 is 0.857 bits per heavy atom. The minimum Gasteiger partial charge on any atom is -0.497 e. The summed E-state index contributed by atoms with van der Waals surface area (Å²) in [5, 5.41) is 0. The van der Waals surface area contributed by atoms with Gasteiger partial charge in [0.1, 0.15) is 11.5 Å². The van der Waals surface area contributed by atoms with Gasteiger partial charge in [-0.3, -0.25) is 0 Å². The zero-order chi connectivity index (χ0) is 14.7. The third kappa shape index (κ3) is 2.82. The lowest BCUT2D eigenvalue weighted by atomic mass is 10.0. The molecule has 0 aliphatic carbocycles. The molecule has 0 saturated carbocycles. The Labute approximate surface area is 126 Å². The number of anilines is 1. The van der Waals surface area contributed by atoms with Crippen molar-refractivity contribution in [3.63, 3.8) is 0 Å². The highest BCUT2D eigenvalue weighted by Gasteiger charge is 2.26. The molecule has 110 valence electrons. The number of hydrogen-bond acceptors (Lipinski definition) is 3. The highest BCUT2D eigenvalue weighted by atomic mass is 16.5. The number of methoxy groups -OCH3 is 2. The smallest absolute Gasteiger partial charge is 0.119 e. The molecule has 3 heteroatoms. The van der Waals surface area contributed by atoms with Gasteiger partial charge in [-0.2, -0.15) is 0 Å². The maximum atomic E-state index is 5.24. The molecule has 3 nitrogen and oxygen atoms in total. The Hall–Kier alpha value is -2.16. The van der Waals surface area contributed by atoms with Crippen molar-refractivity contribution in [1.29, 1.82) is 0 Å². The topological polar surface area (TPSA) is 21.7 Å². The SMILES string of the molecule is COc1ccc([C@H]2CCCN2c2ccc(OC)cc2)cc1. The van der Waals surface area contributed by atoms with Crippen LogP contribution < -0.4 is 14.4 Å². The van der Waals surface area contributed by atoms with E-state index in [1.54, 1.807) is 14.2 Å². The van der Waals surface area contributed by atoms with Crippen LogP contribution in [0, 0.1) is 0 Å². The van der Waals surface area contributed by atoms with Crippen molar-refractivity contribution in [3.8, 4) is 11.5 Å². The fourth-order valence-electron chi connectivity index (χ4n) is 3.02. The van der Waals surface area contributed by atoms with E-state index < -0.39 is 0 Å². The minimum absolute atomic E-state index is 0.448. The summed E-state index contributed by atoms with van der Waals surface area (Å²) >= 11 is 0. The summed E-state index contributed by atoms with van der Waals surface area (Å²) in [6, 6.07) is 17.2. The fourth-order valence-corrected chi connectivity index (χ4v) is 3.02. The molecule has 0 N–H and O–H groups in total. The predicted molar refractivity (Wildman–Crippen MR) is 85.3 cm³/mol. The van der Waals surface area contributed by atoms with E-state index in [0.29, 0.717) is 6.04 Å². The molecule has 1 atom stereocenters. The van der Waals surface area contributed by atoms with Gasteiger partial charge in [0.25, 0.3) is 0 Å². The van der Waals surface area contributed by atoms with Gasteiger partial charge in [-0.05, 0) is 54.8 Å². The molecule has 0 unspecified atom stereocenters. The van der Waals surface area contributed by atoms with Gasteiger partial charge in [0.2, 0.25) is 0 Å². The zero-order valence-electron chi connectivity index (χ0n) is 12.6. The van der Waals surface area contributed by atoms with Crippen molar-refractivity contribution in [3.05, 3.63) is 54.1 Å². The highest BCUT2D eigenvalue weighted by molar-refractivity contribution is 5.52. The normalized spacial score (nSPS) is 17.8. The second kappa shape index (κ2) is 6.08. The van der Waals surface area contributed by atoms with E-state index in [0.717, 1.165) is 18.0 Å². The van der Waals surface area contributed by atoms with Gasteiger partial charge in [0.05, 0.1) is 20.3 Å². The first kappa shape index (κ1) is 13.8. The summed E-state index contributed by atoms with van der Waals surface area (Å²) in [6.07, 6.45) is 2.42. The average Bonchev–Trinajstić information content (AvgIpc) is 3.04. The van der Waals surface area contributed by atoms with Gasteiger partial charge in [0.15, 0.2) is 0 Å². The molecule has 0 bridgehead atoms. The summed E-state index contributed by atoms with van der Waals surface area (Å²) in [7, 11) is 3.40. The van der Waals surface area contributed by atoms with Crippen molar-refractivity contribution in [1.82, 2.24) is 0 Å². The van der Waals surface area contributed by atoms with Crippen molar-refractivity contribution in [2.24, 2.45) is 0 Å². The first-order valence-electron chi connectivity index (χ1n) is 7.36. The number of ether oxygens (including phenoxy) is 2. The molecule has 2 aromatic rings. The van der Waals surface area contributed by atoms with Gasteiger partial charge in [-0.25, -0.2) is 0 Å². The monoisotopic (exact) mass is 283 g/mol. The number of nitrogens with zero attached hydrogens (tertiary/aromatic N) is 1. The largest absolute Gasteiger partial charge is 0.497 e. The third-order valence-corrected chi connectivity index (χ3v) is 4.16. The predicted octanol–water partition coefficient (Wildman–Crippen LogP) is 4.05. The van der Waals surface area contributed by atoms with Crippen molar-refractivity contribution in [2.45, 2.75) is 18.9 Å². The van der Waals surface area contributed by atoms with Crippen molar-refractivity contribution in [2.75, 3.05) is 25.7 Å². The molecular formula is C18H21NO2. The van der Waals surface area contributed by atoms with E-state index in [2.05, 4.69) is 29.2 Å². The first-order chi connectivity index (χ1) is 10.3. The molecular weight excluding hydrogens is 262 g/mol. The van der Waals surface area contributed by atoms with Crippen LogP contribution in [-0.2, 0) is 0 Å². The minimum atomic E-state index is 0.448. The number of hydrogen-bond donors (Lipinski definition) is 0. The average molecular weight is 283 g/mol. The lowest BCUT2D eigenvalue weighted by molar-refractivity contribution is 0.414. The first-order valence-corrected chi connectivity index (χ1v) is 7.36. The molecule has 0 aromatic heterocycles. The lowest BCUT2D eigenvalue weighted by Crippen LogP contribution is -2.22. The van der Waals surface area contributed by atoms with E-state index in [1.165, 1.54) is 24.1 Å². The van der Waals surface area contributed by atoms with Crippen LogP contribution in [0.25, 0.3) is 0 Å². The fraction of sp³-hybridized carbons (Fsp3) is 0.333. The molecule has 1 aliphatic rings. The summed E-state index contributed by atoms with van der Waals surface area (Å²) in [6.45, 7) is 1.10. The van der Waals surface area contributed by atoms with Crippen LogP contribution in [-0.4, -0.2) is 20.8 Å². The maximum absolute atomic E-state index is 5.24. The van der Waals surface area contributed by atoms with Gasteiger partial charge in [0, 0.05) is 12.2 Å². The van der Waals surface area contributed by atoms with Crippen LogP contribution in [0.4, 0.5) is 5.69 Å². The summed E-state index contributed by atoms with van der Waals surface area (Å²) in [5.74, 6) is 1.81. The summed E-state index contributed by atoms with van der Waals surface area (Å²) in [4.78, 5) is 2.47. The molecule has 1 saturated heterocycles. The summed E-state index contributed by atoms with van der Waals surface area (Å²) < 4.78 is 10.5. The van der Waals surface area contributed by atoms with E-state index in [-0.39, 0.29) is 0 Å². The van der Waals surface area contributed by atoms with Crippen LogP contribution >= 0.6 is 0 Å². The van der Waals surface area contributed by atoms with Gasteiger partial charge in [-0.1, -0.05) is 12.1 Å². The zero-order valence-corrected chi connectivity index (χ0v) is 12.6. The highest BCUT2D eigenvalue weighted by Crippen LogP contribution is 2.37. The van der Waals surface area contributed by atoms with E-state index in [1.807, 2.05) is 24.3 Å². The Morgan fingerprint density at radius 3 is 2.00 bits per heavy atom. The molecule has 2 aromatic carbocycles. The molecule has 1 aliphatic heterocycles. The number of rotatable bonds is 4. The second-order valence-corrected chi connectivity index (χ2v) is 5.32. The molecule has 21 heavy (non-hydrogen) atoms. The third-order valence-electron chi connectivity index (χ3n) is 4.16. The quantitative estimate of drug-likeness (QED) is 0.845. The Morgan fingerprint density at radius 2 is 1.43 bits per heavy atom. The maximum Gasteiger partial charge on any atom is 0.119 e. The number of benzene rings is 2. The van der Waals surface area contributed by atoms with Gasteiger partial charge in [-0.15, -0.1) is 0 Å². The Balaban J connectivity index is 1.83. The summed E-state index contributed by atoms with van der Waals surface area (Å²) in [5.41, 5.74) is 2.61. The van der Waals surface area contributed by atoms with Crippen molar-refractivity contribution < 1.29 is 9.47 Å². The molecule has 1 heterocycles. The Kier molecular flexibility index (Phi) is 4.00. The van der Waals surface area contributed by atoms with Crippen LogP contribution in [0.1, 0.15) is 24.4 Å². The Bertz CT molecular complexity index is 524. The second-order valence-electron chi connectivity index (χ2n) is 5.32. The lowest BCUT2D eigenvalue weighted by Gasteiger charge is -2.27. The molecule has 0 radical (unpaired) electrons. The van der Waals surface area contributed by atoms with E-state index in [9.17, 15) is 0 Å². The van der Waals surface area contributed by atoms with Crippen molar-refractivity contribution >= 4 is 5.69 Å². The van der Waals surface area contributed by atoms with Crippen LogP contribution in [0.15, 0.2) is 48.5 Å². The van der Waals surface area contributed by atoms with Gasteiger partial charge < -0.3 is 14.4 Å². The van der Waals surface area contributed by atoms with E-state index >= 15 is 0 Å². The van der Waals surface area contributed by atoms with Crippen LogP contribution in [0.2, 0.25) is 0 Å². The van der Waals surface area contributed by atoms with Crippen LogP contribution in [0.3, 0.4) is 0 Å². The molecule has 1 fully saturated rings. The van der Waals surface area contributed by atoms with Gasteiger partial charge >= 0.3 is 0 Å². The standard InChI is InChI=1S/C18H21NO2/c1-20-16-9-5-14(6-10-16)18-4-3-13-19(18)15-7-11-17(21-2)12-8-15/h5-12,18H,3-4,13H2,1-2H3/t18-/m1/s1. The molecule has 0 amide bonds. The molecule has 3 rings (SSSR count).